The summed E-state index contributed by atoms with van der Waals surface area (Å²) in [6, 6.07) is 10.3. The van der Waals surface area contributed by atoms with Crippen LogP contribution >= 0.6 is 0 Å². The summed E-state index contributed by atoms with van der Waals surface area (Å²) in [6.45, 7) is 4.51. The van der Waals surface area contributed by atoms with Crippen molar-refractivity contribution >= 4 is 8.32 Å². The van der Waals surface area contributed by atoms with Gasteiger partial charge in [0.05, 0.1) is 7.11 Å². The van der Waals surface area contributed by atoms with Gasteiger partial charge in [-0.15, -0.1) is 0 Å². The highest BCUT2D eigenvalue weighted by Gasteiger charge is 2.19. The summed E-state index contributed by atoms with van der Waals surface area (Å²) in [5, 5.41) is 0. The van der Waals surface area contributed by atoms with E-state index in [4.69, 9.17) is 9.16 Å². The van der Waals surface area contributed by atoms with Crippen molar-refractivity contribution in [2.45, 2.75) is 32.0 Å². The predicted octanol–water partition coefficient (Wildman–Crippen LogP) is 3.28. The molecule has 0 heterocycles. The fourth-order valence-electron chi connectivity index (χ4n) is 1.58. The first-order valence-corrected chi connectivity index (χ1v) is 8.79. The molecule has 0 aliphatic rings. The molecular weight excluding hydrogens is 216 g/mol. The minimum absolute atomic E-state index is 0.820. The highest BCUT2D eigenvalue weighted by atomic mass is 28.4. The number of aryl methyl sites for hydroxylation is 1. The average molecular weight is 237 g/mol. The molecule has 1 aromatic carbocycles. The second-order valence-electron chi connectivity index (χ2n) is 4.58. The SMILES string of the molecule is COc1[c]ccc(CCC[Si](C)(C)OC)c1. The monoisotopic (exact) mass is 237 g/mol. The Hall–Kier alpha value is -0.803. The highest BCUT2D eigenvalue weighted by molar-refractivity contribution is 6.71. The van der Waals surface area contributed by atoms with Crippen LogP contribution in [0.4, 0.5) is 0 Å². The standard InChI is InChI=1S/C13H21O2Si/c1-14-13-9-5-7-12(11-13)8-6-10-16(3,4)15-2/h5,7,11H,6,8,10H2,1-4H3. The third kappa shape index (κ3) is 4.37. The van der Waals surface area contributed by atoms with Gasteiger partial charge in [-0.25, -0.2) is 0 Å². The molecule has 0 aliphatic heterocycles. The van der Waals surface area contributed by atoms with Crippen LogP contribution in [0, 0.1) is 6.07 Å². The Morgan fingerprint density at radius 3 is 2.69 bits per heavy atom. The molecule has 0 N–H and O–H groups in total. The zero-order valence-corrected chi connectivity index (χ0v) is 11.7. The molecule has 1 aromatic rings. The summed E-state index contributed by atoms with van der Waals surface area (Å²) in [7, 11) is 2.11. The summed E-state index contributed by atoms with van der Waals surface area (Å²) in [4.78, 5) is 0. The Kier molecular flexibility index (Phi) is 5.02. The first-order chi connectivity index (χ1) is 7.57. The molecule has 0 atom stereocenters. The van der Waals surface area contributed by atoms with Gasteiger partial charge in [-0.2, -0.15) is 0 Å². The highest BCUT2D eigenvalue weighted by Crippen LogP contribution is 2.17. The molecule has 0 aliphatic carbocycles. The number of ether oxygens (including phenoxy) is 1. The molecule has 0 saturated carbocycles. The van der Waals surface area contributed by atoms with E-state index in [1.165, 1.54) is 18.0 Å². The summed E-state index contributed by atoms with van der Waals surface area (Å²) in [6.07, 6.45) is 2.27. The van der Waals surface area contributed by atoms with Crippen LogP contribution in [0.15, 0.2) is 18.2 Å². The number of methoxy groups -OCH3 is 1. The Labute approximate surface area is 99.7 Å². The van der Waals surface area contributed by atoms with Gasteiger partial charge in [-0.3, -0.25) is 0 Å². The first kappa shape index (κ1) is 13.3. The van der Waals surface area contributed by atoms with Gasteiger partial charge >= 0.3 is 0 Å². The van der Waals surface area contributed by atoms with Crippen LogP contribution in [0.5, 0.6) is 5.75 Å². The summed E-state index contributed by atoms with van der Waals surface area (Å²) in [5.74, 6) is 0.820. The maximum absolute atomic E-state index is 5.53. The van der Waals surface area contributed by atoms with E-state index in [2.05, 4.69) is 31.3 Å². The van der Waals surface area contributed by atoms with Gasteiger partial charge in [0.25, 0.3) is 0 Å². The second-order valence-corrected chi connectivity index (χ2v) is 9.01. The molecule has 0 amide bonds. The Bertz CT molecular complexity index is 323. The van der Waals surface area contributed by atoms with Crippen molar-refractivity contribution in [1.29, 1.82) is 0 Å². The summed E-state index contributed by atoms with van der Waals surface area (Å²) < 4.78 is 10.7. The topological polar surface area (TPSA) is 18.5 Å². The van der Waals surface area contributed by atoms with Crippen molar-refractivity contribution in [3.63, 3.8) is 0 Å². The molecule has 0 bridgehead atoms. The lowest BCUT2D eigenvalue weighted by molar-refractivity contribution is 0.402. The van der Waals surface area contributed by atoms with E-state index in [9.17, 15) is 0 Å². The molecule has 1 rings (SSSR count). The van der Waals surface area contributed by atoms with Crippen LogP contribution < -0.4 is 4.74 Å². The van der Waals surface area contributed by atoms with Crippen molar-refractivity contribution in [3.05, 3.63) is 29.8 Å². The molecule has 0 saturated heterocycles. The van der Waals surface area contributed by atoms with Crippen LogP contribution in [-0.2, 0) is 10.8 Å². The normalized spacial score (nSPS) is 11.5. The van der Waals surface area contributed by atoms with Gasteiger partial charge in [-0.1, -0.05) is 12.1 Å². The zero-order chi connectivity index (χ0) is 12.0. The molecule has 1 radical (unpaired) electrons. The zero-order valence-electron chi connectivity index (χ0n) is 10.7. The lowest BCUT2D eigenvalue weighted by Gasteiger charge is -2.19. The van der Waals surface area contributed by atoms with Gasteiger partial charge in [0.2, 0.25) is 0 Å². The Morgan fingerprint density at radius 2 is 2.06 bits per heavy atom. The molecule has 0 unspecified atom stereocenters. The van der Waals surface area contributed by atoms with Gasteiger partial charge in [0.1, 0.15) is 5.75 Å². The molecule has 0 aromatic heterocycles. The third-order valence-corrected chi connectivity index (χ3v) is 5.52. The Morgan fingerprint density at radius 1 is 1.31 bits per heavy atom. The fourth-order valence-corrected chi connectivity index (χ4v) is 2.81. The summed E-state index contributed by atoms with van der Waals surface area (Å²) >= 11 is 0. The van der Waals surface area contributed by atoms with Crippen molar-refractivity contribution < 1.29 is 9.16 Å². The van der Waals surface area contributed by atoms with E-state index in [0.717, 1.165) is 12.2 Å². The van der Waals surface area contributed by atoms with Crippen LogP contribution in [0.2, 0.25) is 19.1 Å². The molecule has 2 nitrogen and oxygen atoms in total. The van der Waals surface area contributed by atoms with Crippen molar-refractivity contribution in [2.75, 3.05) is 14.2 Å². The van der Waals surface area contributed by atoms with Crippen molar-refractivity contribution in [1.82, 2.24) is 0 Å². The minimum atomic E-state index is -1.39. The second kappa shape index (κ2) is 6.06. The van der Waals surface area contributed by atoms with Gasteiger partial charge in [0, 0.05) is 13.2 Å². The van der Waals surface area contributed by atoms with Gasteiger partial charge in [0.15, 0.2) is 8.32 Å². The molecule has 3 heteroatoms. The lowest BCUT2D eigenvalue weighted by atomic mass is 10.1. The molecule has 16 heavy (non-hydrogen) atoms. The molecule has 89 valence electrons. The van der Waals surface area contributed by atoms with E-state index in [1.807, 2.05) is 13.2 Å². The maximum Gasteiger partial charge on any atom is 0.186 e. The first-order valence-electron chi connectivity index (χ1n) is 5.67. The largest absolute Gasteiger partial charge is 0.496 e. The van der Waals surface area contributed by atoms with E-state index in [-0.39, 0.29) is 0 Å². The predicted molar refractivity (Wildman–Crippen MR) is 69.4 cm³/mol. The number of hydrogen-bond donors (Lipinski definition) is 0. The minimum Gasteiger partial charge on any atom is -0.496 e. The van der Waals surface area contributed by atoms with E-state index >= 15 is 0 Å². The van der Waals surface area contributed by atoms with Crippen molar-refractivity contribution in [2.24, 2.45) is 0 Å². The van der Waals surface area contributed by atoms with Gasteiger partial charge < -0.3 is 9.16 Å². The van der Waals surface area contributed by atoms with E-state index in [1.54, 1.807) is 7.11 Å². The number of rotatable bonds is 6. The molecule has 0 spiro atoms. The van der Waals surface area contributed by atoms with Crippen molar-refractivity contribution in [3.8, 4) is 5.75 Å². The smallest absolute Gasteiger partial charge is 0.186 e. The van der Waals surface area contributed by atoms with Crippen LogP contribution in [0.25, 0.3) is 0 Å². The fraction of sp³-hybridized carbons (Fsp3) is 0.538. The molecular formula is C13H21O2Si. The Balaban J connectivity index is 2.42. The number of benzene rings is 1. The molecule has 0 fully saturated rings. The van der Waals surface area contributed by atoms with Crippen LogP contribution in [0.3, 0.4) is 0 Å². The quantitative estimate of drug-likeness (QED) is 0.707. The van der Waals surface area contributed by atoms with Gasteiger partial charge in [-0.05, 0) is 43.6 Å². The number of hydrogen-bond acceptors (Lipinski definition) is 2. The van der Waals surface area contributed by atoms with Crippen LogP contribution in [-0.4, -0.2) is 22.5 Å². The van der Waals surface area contributed by atoms with Crippen LogP contribution in [0.1, 0.15) is 12.0 Å². The lowest BCUT2D eigenvalue weighted by Crippen LogP contribution is -2.28. The summed E-state index contributed by atoms with van der Waals surface area (Å²) in [5.41, 5.74) is 1.32. The third-order valence-electron chi connectivity index (χ3n) is 2.86. The average Bonchev–Trinajstić information content (AvgIpc) is 2.29. The maximum atomic E-state index is 5.53. The van der Waals surface area contributed by atoms with E-state index in [0.29, 0.717) is 0 Å². The van der Waals surface area contributed by atoms with E-state index < -0.39 is 8.32 Å².